The van der Waals surface area contributed by atoms with Crippen LogP contribution in [0.1, 0.15) is 10.4 Å². The molecule has 2 aromatic rings. The largest absolute Gasteiger partial charge is 0.371 e. The molecule has 0 aliphatic heterocycles. The minimum atomic E-state index is -0.967. The number of hydrogen-bond donors (Lipinski definition) is 2. The highest BCUT2D eigenvalue weighted by atomic mass is 19.1. The van der Waals surface area contributed by atoms with Gasteiger partial charge in [-0.3, -0.25) is 4.79 Å². The van der Waals surface area contributed by atoms with E-state index >= 15 is 0 Å². The Hall–Kier alpha value is -2.57. The van der Waals surface area contributed by atoms with Crippen LogP contribution in [0.5, 0.6) is 0 Å². The molecule has 1 aromatic carbocycles. The quantitative estimate of drug-likeness (QED) is 0.909. The van der Waals surface area contributed by atoms with E-state index in [9.17, 15) is 18.0 Å². The highest BCUT2D eigenvalue weighted by molar-refractivity contribution is 6.05. The van der Waals surface area contributed by atoms with Crippen molar-refractivity contribution in [2.45, 2.75) is 0 Å². The van der Waals surface area contributed by atoms with Gasteiger partial charge in [0.1, 0.15) is 17.3 Å². The van der Waals surface area contributed by atoms with Crippen molar-refractivity contribution in [3.05, 3.63) is 53.5 Å². The molecule has 0 aliphatic carbocycles. The van der Waals surface area contributed by atoms with Gasteiger partial charge in [0, 0.05) is 13.2 Å². The van der Waals surface area contributed by atoms with Crippen molar-refractivity contribution in [3.63, 3.8) is 0 Å². The predicted octanol–water partition coefficient (Wildman–Crippen LogP) is 2.79. The van der Waals surface area contributed by atoms with Crippen molar-refractivity contribution in [1.29, 1.82) is 0 Å². The molecule has 1 aromatic heterocycles. The van der Waals surface area contributed by atoms with Gasteiger partial charge in [0.05, 0.1) is 5.56 Å². The van der Waals surface area contributed by atoms with Gasteiger partial charge in [0.15, 0.2) is 11.6 Å². The normalized spacial score (nSPS) is 10.2. The first-order valence-electron chi connectivity index (χ1n) is 5.62. The Morgan fingerprint density at radius 1 is 1.15 bits per heavy atom. The highest BCUT2D eigenvalue weighted by Gasteiger charge is 2.18. The third kappa shape index (κ3) is 2.56. The summed E-state index contributed by atoms with van der Waals surface area (Å²) < 4.78 is 40.7. The molecule has 0 radical (unpaired) electrons. The lowest BCUT2D eigenvalue weighted by atomic mass is 10.2. The second kappa shape index (κ2) is 5.60. The monoisotopic (exact) mass is 281 g/mol. The molecule has 4 nitrogen and oxygen atoms in total. The fourth-order valence-corrected chi connectivity index (χ4v) is 1.59. The molecule has 104 valence electrons. The van der Waals surface area contributed by atoms with Gasteiger partial charge >= 0.3 is 0 Å². The van der Waals surface area contributed by atoms with Crippen molar-refractivity contribution in [3.8, 4) is 0 Å². The number of nitrogens with zero attached hydrogens (tertiary/aromatic N) is 1. The fourth-order valence-electron chi connectivity index (χ4n) is 1.59. The lowest BCUT2D eigenvalue weighted by molar-refractivity contribution is 0.102. The Labute approximate surface area is 112 Å². The van der Waals surface area contributed by atoms with Gasteiger partial charge in [-0.1, -0.05) is 6.07 Å². The molecule has 2 N–H and O–H groups in total. The number of amides is 1. The first-order chi connectivity index (χ1) is 9.54. The molecule has 1 amide bonds. The standard InChI is InChI=1S/C13H10F3N3O/c1-17-12-10(16)7(5-6-18-12)13(20)19-11-8(14)3-2-4-9(11)15/h2-6H,1H3,(H,17,18)(H,19,20). The van der Waals surface area contributed by atoms with Gasteiger partial charge in [-0.15, -0.1) is 0 Å². The average Bonchev–Trinajstić information content (AvgIpc) is 2.43. The van der Waals surface area contributed by atoms with Crippen LogP contribution < -0.4 is 10.6 Å². The molecule has 0 aliphatic rings. The Morgan fingerprint density at radius 3 is 2.40 bits per heavy atom. The summed E-state index contributed by atoms with van der Waals surface area (Å²) in [5.74, 6) is -3.88. The molecule has 20 heavy (non-hydrogen) atoms. The van der Waals surface area contributed by atoms with E-state index < -0.39 is 29.0 Å². The second-order valence-electron chi connectivity index (χ2n) is 3.82. The number of pyridine rings is 1. The summed E-state index contributed by atoms with van der Waals surface area (Å²) >= 11 is 0. The topological polar surface area (TPSA) is 54.0 Å². The Morgan fingerprint density at radius 2 is 1.80 bits per heavy atom. The van der Waals surface area contributed by atoms with E-state index in [2.05, 4.69) is 10.3 Å². The number of para-hydroxylation sites is 1. The molecule has 0 saturated carbocycles. The van der Waals surface area contributed by atoms with E-state index in [4.69, 9.17) is 0 Å². The second-order valence-corrected chi connectivity index (χ2v) is 3.82. The van der Waals surface area contributed by atoms with Crippen LogP contribution in [0.4, 0.5) is 24.7 Å². The summed E-state index contributed by atoms with van der Waals surface area (Å²) in [5, 5.41) is 4.47. The van der Waals surface area contributed by atoms with Gasteiger partial charge in [-0.2, -0.15) is 0 Å². The molecular weight excluding hydrogens is 271 g/mol. The highest BCUT2D eigenvalue weighted by Crippen LogP contribution is 2.21. The SMILES string of the molecule is CNc1nccc(C(=O)Nc2c(F)cccc2F)c1F. The smallest absolute Gasteiger partial charge is 0.258 e. The minimum Gasteiger partial charge on any atom is -0.371 e. The molecule has 0 bridgehead atoms. The van der Waals surface area contributed by atoms with Gasteiger partial charge < -0.3 is 10.6 Å². The molecule has 0 saturated heterocycles. The molecule has 0 unspecified atom stereocenters. The molecule has 2 rings (SSSR count). The van der Waals surface area contributed by atoms with Crippen molar-refractivity contribution in [2.24, 2.45) is 0 Å². The van der Waals surface area contributed by atoms with Crippen LogP contribution in [0.25, 0.3) is 0 Å². The third-order valence-corrected chi connectivity index (χ3v) is 2.57. The van der Waals surface area contributed by atoms with Crippen LogP contribution in [0.3, 0.4) is 0 Å². The summed E-state index contributed by atoms with van der Waals surface area (Å²) in [6, 6.07) is 4.25. The number of nitrogens with one attached hydrogen (secondary N) is 2. The Balaban J connectivity index is 2.34. The number of benzene rings is 1. The zero-order valence-electron chi connectivity index (χ0n) is 10.4. The van der Waals surface area contributed by atoms with Gasteiger partial charge in [0.25, 0.3) is 5.91 Å². The number of rotatable bonds is 3. The van der Waals surface area contributed by atoms with E-state index in [0.717, 1.165) is 24.3 Å². The summed E-state index contributed by atoms with van der Waals surface area (Å²) in [5.41, 5.74) is -0.994. The zero-order valence-corrected chi connectivity index (χ0v) is 10.4. The Bertz CT molecular complexity index is 641. The maximum Gasteiger partial charge on any atom is 0.258 e. The molecule has 1 heterocycles. The van der Waals surface area contributed by atoms with Gasteiger partial charge in [0.2, 0.25) is 0 Å². The number of aromatic nitrogens is 1. The Kier molecular flexibility index (Phi) is 3.88. The summed E-state index contributed by atoms with van der Waals surface area (Å²) in [7, 11) is 1.43. The van der Waals surface area contributed by atoms with Gasteiger partial charge in [-0.05, 0) is 18.2 Å². The molecular formula is C13H10F3N3O. The maximum atomic E-state index is 13.9. The molecule has 0 spiro atoms. The van der Waals surface area contributed by atoms with E-state index in [1.807, 2.05) is 5.32 Å². The van der Waals surface area contributed by atoms with Crippen molar-refractivity contribution < 1.29 is 18.0 Å². The van der Waals surface area contributed by atoms with Crippen LogP contribution in [-0.2, 0) is 0 Å². The number of carbonyl (C=O) groups excluding carboxylic acids is 1. The van der Waals surface area contributed by atoms with Gasteiger partial charge in [-0.25, -0.2) is 18.2 Å². The van der Waals surface area contributed by atoms with Crippen LogP contribution in [-0.4, -0.2) is 17.9 Å². The molecule has 0 atom stereocenters. The van der Waals surface area contributed by atoms with Crippen LogP contribution >= 0.6 is 0 Å². The first kappa shape index (κ1) is 13.9. The lowest BCUT2D eigenvalue weighted by Crippen LogP contribution is -2.17. The third-order valence-electron chi connectivity index (χ3n) is 2.57. The summed E-state index contributed by atoms with van der Waals surface area (Å²) in [6.07, 6.45) is 1.21. The number of hydrogen-bond acceptors (Lipinski definition) is 3. The average molecular weight is 281 g/mol. The predicted molar refractivity (Wildman–Crippen MR) is 68.1 cm³/mol. The minimum absolute atomic E-state index is 0.133. The fraction of sp³-hybridized carbons (Fsp3) is 0.0769. The van der Waals surface area contributed by atoms with Crippen LogP contribution in [0.15, 0.2) is 30.5 Å². The zero-order chi connectivity index (χ0) is 14.7. The summed E-state index contributed by atoms with van der Waals surface area (Å²) in [4.78, 5) is 15.5. The number of halogens is 3. The lowest BCUT2D eigenvalue weighted by Gasteiger charge is -2.09. The van der Waals surface area contributed by atoms with Crippen LogP contribution in [0.2, 0.25) is 0 Å². The van der Waals surface area contributed by atoms with E-state index in [-0.39, 0.29) is 11.4 Å². The maximum absolute atomic E-state index is 13.9. The van der Waals surface area contributed by atoms with E-state index in [1.165, 1.54) is 13.2 Å². The number of carbonyl (C=O) groups is 1. The molecule has 0 fully saturated rings. The summed E-state index contributed by atoms with van der Waals surface area (Å²) in [6.45, 7) is 0. The van der Waals surface area contributed by atoms with Crippen LogP contribution in [0, 0.1) is 17.5 Å². The first-order valence-corrected chi connectivity index (χ1v) is 5.62. The van der Waals surface area contributed by atoms with Crippen molar-refractivity contribution >= 4 is 17.4 Å². The van der Waals surface area contributed by atoms with E-state index in [0.29, 0.717) is 0 Å². The van der Waals surface area contributed by atoms with Crippen molar-refractivity contribution in [1.82, 2.24) is 4.98 Å². The van der Waals surface area contributed by atoms with Crippen molar-refractivity contribution in [2.75, 3.05) is 17.7 Å². The molecule has 7 heteroatoms. The van der Waals surface area contributed by atoms with E-state index in [1.54, 1.807) is 0 Å². The number of anilines is 2.